The number of ether oxygens (including phenoxy) is 1. The molecule has 1 fully saturated rings. The first kappa shape index (κ1) is 13.2. The van der Waals surface area contributed by atoms with E-state index in [1.807, 2.05) is 25.1 Å². The van der Waals surface area contributed by atoms with E-state index in [0.29, 0.717) is 30.1 Å². The molecule has 1 aliphatic carbocycles. The molecular weight excluding hydrogens is 256 g/mol. The highest BCUT2D eigenvalue weighted by molar-refractivity contribution is 5.45. The van der Waals surface area contributed by atoms with E-state index in [9.17, 15) is 0 Å². The molecule has 1 atom stereocenters. The Morgan fingerprint density at radius 1 is 1.45 bits per heavy atom. The molecule has 6 heteroatoms. The number of nitrogens with two attached hydrogens (primary N) is 1. The van der Waals surface area contributed by atoms with Crippen molar-refractivity contribution in [3.8, 4) is 11.6 Å². The van der Waals surface area contributed by atoms with Gasteiger partial charge in [-0.05, 0) is 38.3 Å². The van der Waals surface area contributed by atoms with Crippen molar-refractivity contribution in [3.63, 3.8) is 0 Å². The van der Waals surface area contributed by atoms with Crippen molar-refractivity contribution in [2.75, 3.05) is 6.61 Å². The van der Waals surface area contributed by atoms with Gasteiger partial charge in [0, 0.05) is 6.20 Å². The van der Waals surface area contributed by atoms with Gasteiger partial charge in [0.1, 0.15) is 11.2 Å². The SMILES string of the molecule is CC(N)(COC1CCC1)c1noc(-c2ccccn2)n1. The van der Waals surface area contributed by atoms with Gasteiger partial charge in [0.15, 0.2) is 5.82 Å². The summed E-state index contributed by atoms with van der Waals surface area (Å²) in [6, 6.07) is 5.52. The van der Waals surface area contributed by atoms with Crippen molar-refractivity contribution >= 4 is 0 Å². The molecule has 1 aliphatic rings. The van der Waals surface area contributed by atoms with Gasteiger partial charge < -0.3 is 15.0 Å². The summed E-state index contributed by atoms with van der Waals surface area (Å²) < 4.78 is 11.0. The Labute approximate surface area is 117 Å². The molecular formula is C14H18N4O2. The minimum absolute atomic E-state index is 0.333. The number of pyridine rings is 1. The molecule has 0 radical (unpaired) electrons. The van der Waals surface area contributed by atoms with Crippen molar-refractivity contribution in [2.45, 2.75) is 37.8 Å². The first-order valence-electron chi connectivity index (χ1n) is 6.81. The van der Waals surface area contributed by atoms with Crippen molar-refractivity contribution in [1.29, 1.82) is 0 Å². The summed E-state index contributed by atoms with van der Waals surface area (Å²) in [7, 11) is 0. The third-order valence-corrected chi connectivity index (χ3v) is 3.49. The van der Waals surface area contributed by atoms with Crippen molar-refractivity contribution in [1.82, 2.24) is 15.1 Å². The average molecular weight is 274 g/mol. The lowest BCUT2D eigenvalue weighted by atomic mass is 9.95. The standard InChI is InChI=1S/C14H18N4O2/c1-14(15,9-19-10-5-4-6-10)13-17-12(20-18-13)11-7-2-3-8-16-11/h2-3,7-8,10H,4-6,9,15H2,1H3. The van der Waals surface area contributed by atoms with E-state index < -0.39 is 5.54 Å². The van der Waals surface area contributed by atoms with Crippen molar-refractivity contribution < 1.29 is 9.26 Å². The summed E-state index contributed by atoms with van der Waals surface area (Å²) in [5, 5.41) is 3.95. The van der Waals surface area contributed by atoms with Crippen LogP contribution in [0, 0.1) is 0 Å². The highest BCUT2D eigenvalue weighted by atomic mass is 16.5. The predicted molar refractivity (Wildman–Crippen MR) is 72.7 cm³/mol. The molecule has 1 unspecified atom stereocenters. The van der Waals surface area contributed by atoms with Crippen molar-refractivity contribution in [3.05, 3.63) is 30.2 Å². The zero-order valence-corrected chi connectivity index (χ0v) is 11.5. The molecule has 6 nitrogen and oxygen atoms in total. The quantitative estimate of drug-likeness (QED) is 0.895. The van der Waals surface area contributed by atoms with Crippen LogP contribution in [0.2, 0.25) is 0 Å². The first-order valence-corrected chi connectivity index (χ1v) is 6.81. The van der Waals surface area contributed by atoms with Crippen LogP contribution in [-0.4, -0.2) is 27.8 Å². The number of nitrogens with zero attached hydrogens (tertiary/aromatic N) is 3. The van der Waals surface area contributed by atoms with E-state index in [0.717, 1.165) is 12.8 Å². The van der Waals surface area contributed by atoms with E-state index in [2.05, 4.69) is 15.1 Å². The molecule has 0 spiro atoms. The van der Waals surface area contributed by atoms with Gasteiger partial charge in [-0.15, -0.1) is 0 Å². The van der Waals surface area contributed by atoms with E-state index in [-0.39, 0.29) is 0 Å². The molecule has 0 amide bonds. The molecule has 2 aromatic heterocycles. The van der Waals surface area contributed by atoms with Gasteiger partial charge in [-0.3, -0.25) is 4.98 Å². The van der Waals surface area contributed by atoms with Gasteiger partial charge in [0.2, 0.25) is 0 Å². The Morgan fingerprint density at radius 3 is 2.95 bits per heavy atom. The second-order valence-corrected chi connectivity index (χ2v) is 5.42. The maximum atomic E-state index is 6.23. The van der Waals surface area contributed by atoms with Crippen LogP contribution in [0.3, 0.4) is 0 Å². The summed E-state index contributed by atoms with van der Waals surface area (Å²) in [6.45, 7) is 2.23. The third-order valence-electron chi connectivity index (χ3n) is 3.49. The highest BCUT2D eigenvalue weighted by Crippen LogP contribution is 2.25. The lowest BCUT2D eigenvalue weighted by molar-refractivity contribution is -0.0222. The minimum atomic E-state index is -0.758. The maximum absolute atomic E-state index is 6.23. The van der Waals surface area contributed by atoms with Crippen LogP contribution >= 0.6 is 0 Å². The number of aromatic nitrogens is 3. The lowest BCUT2D eigenvalue weighted by Crippen LogP contribution is -2.41. The van der Waals surface area contributed by atoms with Crippen LogP contribution in [0.1, 0.15) is 32.0 Å². The van der Waals surface area contributed by atoms with Gasteiger partial charge in [-0.25, -0.2) is 0 Å². The van der Waals surface area contributed by atoms with Gasteiger partial charge in [-0.2, -0.15) is 4.98 Å². The van der Waals surface area contributed by atoms with Gasteiger partial charge >= 0.3 is 0 Å². The molecule has 20 heavy (non-hydrogen) atoms. The van der Waals surface area contributed by atoms with Gasteiger partial charge in [0.25, 0.3) is 5.89 Å². The second-order valence-electron chi connectivity index (χ2n) is 5.42. The van der Waals surface area contributed by atoms with Gasteiger partial charge in [-0.1, -0.05) is 11.2 Å². The van der Waals surface area contributed by atoms with Crippen LogP contribution in [0.5, 0.6) is 0 Å². The predicted octanol–water partition coefficient (Wildman–Crippen LogP) is 1.87. The smallest absolute Gasteiger partial charge is 0.276 e. The molecule has 2 aromatic rings. The van der Waals surface area contributed by atoms with E-state index >= 15 is 0 Å². The molecule has 0 aliphatic heterocycles. The molecule has 106 valence electrons. The summed E-state index contributed by atoms with van der Waals surface area (Å²) in [5.41, 5.74) is 6.11. The Kier molecular flexibility index (Phi) is 3.50. The molecule has 0 saturated heterocycles. The van der Waals surface area contributed by atoms with Crippen LogP contribution in [-0.2, 0) is 10.3 Å². The molecule has 3 rings (SSSR count). The average Bonchev–Trinajstić information content (AvgIpc) is 2.88. The Hall–Kier alpha value is -1.79. The topological polar surface area (TPSA) is 87.1 Å². The third kappa shape index (κ3) is 2.71. The monoisotopic (exact) mass is 274 g/mol. The zero-order valence-electron chi connectivity index (χ0n) is 11.5. The lowest BCUT2D eigenvalue weighted by Gasteiger charge is -2.29. The maximum Gasteiger partial charge on any atom is 0.276 e. The first-order chi connectivity index (χ1) is 9.65. The summed E-state index contributed by atoms with van der Waals surface area (Å²) >= 11 is 0. The summed E-state index contributed by atoms with van der Waals surface area (Å²) in [6.07, 6.45) is 5.47. The highest BCUT2D eigenvalue weighted by Gasteiger charge is 2.30. The van der Waals surface area contributed by atoms with Gasteiger partial charge in [0.05, 0.1) is 12.7 Å². The molecule has 1 saturated carbocycles. The molecule has 2 heterocycles. The van der Waals surface area contributed by atoms with Crippen molar-refractivity contribution in [2.24, 2.45) is 5.73 Å². The fourth-order valence-electron chi connectivity index (χ4n) is 1.94. The molecule has 0 aromatic carbocycles. The fourth-order valence-corrected chi connectivity index (χ4v) is 1.94. The molecule has 0 bridgehead atoms. The van der Waals surface area contributed by atoms with Crippen LogP contribution in [0.25, 0.3) is 11.6 Å². The van der Waals surface area contributed by atoms with Crippen LogP contribution in [0.15, 0.2) is 28.9 Å². The number of hydrogen-bond donors (Lipinski definition) is 1. The Bertz CT molecular complexity index is 564. The largest absolute Gasteiger partial charge is 0.376 e. The van der Waals surface area contributed by atoms with Crippen LogP contribution in [0.4, 0.5) is 0 Å². The fraction of sp³-hybridized carbons (Fsp3) is 0.500. The normalized spacial score (nSPS) is 18.5. The van der Waals surface area contributed by atoms with Crippen LogP contribution < -0.4 is 5.73 Å². The second kappa shape index (κ2) is 5.30. The Balaban J connectivity index is 1.71. The number of hydrogen-bond acceptors (Lipinski definition) is 6. The van der Waals surface area contributed by atoms with E-state index in [4.69, 9.17) is 15.0 Å². The molecule has 2 N–H and O–H groups in total. The Morgan fingerprint density at radius 2 is 2.30 bits per heavy atom. The number of rotatable bonds is 5. The summed E-state index contributed by atoms with van der Waals surface area (Å²) in [5.74, 6) is 0.818. The minimum Gasteiger partial charge on any atom is -0.376 e. The van der Waals surface area contributed by atoms with E-state index in [1.165, 1.54) is 6.42 Å². The summed E-state index contributed by atoms with van der Waals surface area (Å²) in [4.78, 5) is 8.50. The van der Waals surface area contributed by atoms with E-state index in [1.54, 1.807) is 6.20 Å². The zero-order chi connectivity index (χ0) is 14.0.